The molecular formula is C9H16O9. The van der Waals surface area contributed by atoms with Gasteiger partial charge in [-0.05, 0) is 0 Å². The largest absolute Gasteiger partial charge is 0.475 e. The molecule has 0 unspecified atom stereocenters. The molecule has 0 amide bonds. The minimum atomic E-state index is -2.05. The van der Waals surface area contributed by atoms with Gasteiger partial charge in [-0.2, -0.15) is 0 Å². The summed E-state index contributed by atoms with van der Waals surface area (Å²) in [5.74, 6) is -3.20. The Hall–Kier alpha value is -1.10. The molecule has 7 N–H and O–H groups in total. The summed E-state index contributed by atoms with van der Waals surface area (Å²) >= 11 is 0. The Balaban J connectivity index is 4.49. The zero-order chi connectivity index (χ0) is 14.5. The predicted molar refractivity (Wildman–Crippen MR) is 54.4 cm³/mol. The Bertz CT molecular complexity index is 292. The lowest BCUT2D eigenvalue weighted by Gasteiger charge is -2.28. The minimum Gasteiger partial charge on any atom is -0.475 e. The second-order valence-corrected chi connectivity index (χ2v) is 3.72. The molecule has 0 saturated heterocycles. The number of carbonyl (C=O) groups is 2. The normalized spacial score (nSPS) is 19.7. The number of aliphatic carboxylic acids is 1. The quantitative estimate of drug-likeness (QED) is 0.215. The number of hydrogen-bond acceptors (Lipinski definition) is 8. The average molecular weight is 268 g/mol. The Morgan fingerprint density at radius 1 is 0.833 bits per heavy atom. The first kappa shape index (κ1) is 16.9. The number of aliphatic hydroxyl groups is 6. The molecule has 5 atom stereocenters. The molecule has 0 heterocycles. The number of rotatable bonds is 8. The van der Waals surface area contributed by atoms with Crippen molar-refractivity contribution in [3.05, 3.63) is 0 Å². The van der Waals surface area contributed by atoms with E-state index in [1.165, 1.54) is 0 Å². The highest BCUT2D eigenvalue weighted by Gasteiger charge is 2.35. The van der Waals surface area contributed by atoms with Gasteiger partial charge in [0.2, 0.25) is 5.78 Å². The first-order chi connectivity index (χ1) is 8.22. The molecule has 0 aromatic rings. The molecule has 0 bridgehead atoms. The summed E-state index contributed by atoms with van der Waals surface area (Å²) in [6.07, 6.45) is -10.7. The number of Topliss-reactive ketones (excluding diaryl/α,β-unsaturated/α-hetero) is 1. The van der Waals surface area contributed by atoms with Gasteiger partial charge >= 0.3 is 5.97 Å². The van der Waals surface area contributed by atoms with Crippen molar-refractivity contribution in [2.75, 3.05) is 6.61 Å². The van der Waals surface area contributed by atoms with E-state index in [0.29, 0.717) is 0 Å². The molecule has 9 nitrogen and oxygen atoms in total. The summed E-state index contributed by atoms with van der Waals surface area (Å²) in [5, 5.41) is 62.9. The lowest BCUT2D eigenvalue weighted by molar-refractivity contribution is -0.155. The van der Waals surface area contributed by atoms with Crippen LogP contribution in [0.5, 0.6) is 0 Å². The summed E-state index contributed by atoms with van der Waals surface area (Å²) in [5.41, 5.74) is 0. The molecule has 0 radical (unpaired) electrons. The smallest absolute Gasteiger partial charge is 0.372 e. The van der Waals surface area contributed by atoms with Gasteiger partial charge in [-0.1, -0.05) is 0 Å². The van der Waals surface area contributed by atoms with Crippen LogP contribution in [0.3, 0.4) is 0 Å². The van der Waals surface area contributed by atoms with E-state index in [0.717, 1.165) is 0 Å². The van der Waals surface area contributed by atoms with Crippen LogP contribution >= 0.6 is 0 Å². The van der Waals surface area contributed by atoms with E-state index in [2.05, 4.69) is 0 Å². The summed E-state index contributed by atoms with van der Waals surface area (Å²) < 4.78 is 0. The molecule has 0 saturated carbocycles. The van der Waals surface area contributed by atoms with Crippen LogP contribution in [0.1, 0.15) is 6.42 Å². The van der Waals surface area contributed by atoms with Gasteiger partial charge in [0.25, 0.3) is 0 Å². The molecule has 0 aliphatic carbocycles. The fourth-order valence-corrected chi connectivity index (χ4v) is 1.16. The van der Waals surface area contributed by atoms with E-state index in [1.54, 1.807) is 0 Å². The molecule has 0 aromatic heterocycles. The highest BCUT2D eigenvalue weighted by atomic mass is 16.4. The second-order valence-electron chi connectivity index (χ2n) is 3.72. The van der Waals surface area contributed by atoms with Crippen LogP contribution in [0.2, 0.25) is 0 Å². The summed E-state index contributed by atoms with van der Waals surface area (Å²) in [6.45, 7) is -0.894. The number of aliphatic hydroxyl groups excluding tert-OH is 6. The van der Waals surface area contributed by atoms with E-state index in [1.807, 2.05) is 0 Å². The van der Waals surface area contributed by atoms with Crippen molar-refractivity contribution in [3.63, 3.8) is 0 Å². The van der Waals surface area contributed by atoms with Crippen molar-refractivity contribution in [1.82, 2.24) is 0 Å². The van der Waals surface area contributed by atoms with Gasteiger partial charge in [0.1, 0.15) is 24.4 Å². The summed E-state index contributed by atoms with van der Waals surface area (Å²) in [4.78, 5) is 20.9. The third-order valence-corrected chi connectivity index (χ3v) is 2.31. The Morgan fingerprint density at radius 2 is 1.28 bits per heavy atom. The monoisotopic (exact) mass is 268 g/mol. The number of hydrogen-bond donors (Lipinski definition) is 7. The maximum absolute atomic E-state index is 10.7. The summed E-state index contributed by atoms with van der Waals surface area (Å²) in [6, 6.07) is 0. The average Bonchev–Trinajstić information content (AvgIpc) is 2.34. The Kier molecular flexibility index (Phi) is 6.91. The van der Waals surface area contributed by atoms with E-state index < -0.39 is 55.3 Å². The SMILES string of the molecule is O=C(O)C(=O)C[C@H](O)[C@@H](O)[C@@H](O)[C@H](O)[C@@H](O)CO. The van der Waals surface area contributed by atoms with E-state index >= 15 is 0 Å². The van der Waals surface area contributed by atoms with Gasteiger partial charge in [0.05, 0.1) is 12.7 Å². The van der Waals surface area contributed by atoms with Gasteiger partial charge in [0.15, 0.2) is 0 Å². The molecule has 106 valence electrons. The van der Waals surface area contributed by atoms with Gasteiger partial charge in [-0.25, -0.2) is 4.79 Å². The number of carbonyl (C=O) groups excluding carboxylic acids is 1. The van der Waals surface area contributed by atoms with Gasteiger partial charge < -0.3 is 35.7 Å². The van der Waals surface area contributed by atoms with Crippen LogP contribution in [0.4, 0.5) is 0 Å². The zero-order valence-corrected chi connectivity index (χ0v) is 9.25. The van der Waals surface area contributed by atoms with Crippen LogP contribution < -0.4 is 0 Å². The van der Waals surface area contributed by atoms with Crippen LogP contribution in [0.25, 0.3) is 0 Å². The predicted octanol–water partition coefficient (Wildman–Crippen LogP) is -4.17. The number of carboxylic acids is 1. The maximum atomic E-state index is 10.7. The zero-order valence-electron chi connectivity index (χ0n) is 9.25. The number of ketones is 1. The van der Waals surface area contributed by atoms with Crippen molar-refractivity contribution in [2.24, 2.45) is 0 Å². The molecule has 0 aliphatic rings. The fourth-order valence-electron chi connectivity index (χ4n) is 1.16. The molecule has 0 aromatic carbocycles. The van der Waals surface area contributed by atoms with Crippen molar-refractivity contribution in [2.45, 2.75) is 36.9 Å². The van der Waals surface area contributed by atoms with Crippen LogP contribution in [-0.2, 0) is 9.59 Å². The van der Waals surface area contributed by atoms with E-state index in [-0.39, 0.29) is 0 Å². The molecule has 0 spiro atoms. The third-order valence-electron chi connectivity index (χ3n) is 2.31. The van der Waals surface area contributed by atoms with Crippen molar-refractivity contribution in [1.29, 1.82) is 0 Å². The highest BCUT2D eigenvalue weighted by Crippen LogP contribution is 2.11. The fraction of sp³-hybridized carbons (Fsp3) is 0.778. The Labute approximate surface area is 102 Å². The molecular weight excluding hydrogens is 252 g/mol. The lowest BCUT2D eigenvalue weighted by Crippen LogP contribution is -2.50. The van der Waals surface area contributed by atoms with Crippen LogP contribution in [-0.4, -0.2) is 84.6 Å². The highest BCUT2D eigenvalue weighted by molar-refractivity contribution is 6.32. The van der Waals surface area contributed by atoms with Crippen molar-refractivity contribution >= 4 is 11.8 Å². The first-order valence-corrected chi connectivity index (χ1v) is 4.99. The minimum absolute atomic E-state index is 0.894. The third kappa shape index (κ3) is 4.64. The van der Waals surface area contributed by atoms with Gasteiger partial charge in [-0.3, -0.25) is 4.79 Å². The second kappa shape index (κ2) is 7.36. The van der Waals surface area contributed by atoms with E-state index in [4.69, 9.17) is 15.3 Å². The molecule has 18 heavy (non-hydrogen) atoms. The molecule has 0 aliphatic heterocycles. The van der Waals surface area contributed by atoms with Gasteiger partial charge in [-0.15, -0.1) is 0 Å². The van der Waals surface area contributed by atoms with Crippen LogP contribution in [0.15, 0.2) is 0 Å². The topological polar surface area (TPSA) is 176 Å². The van der Waals surface area contributed by atoms with Gasteiger partial charge in [0, 0.05) is 6.42 Å². The standard InChI is InChI=1S/C9H16O9/c10-2-5(13)7(15)8(16)6(14)3(11)1-4(12)9(17)18/h3,5-8,10-11,13-16H,1-2H2,(H,17,18)/t3-,5-,6+,7+,8+/m0/s1. The first-order valence-electron chi connectivity index (χ1n) is 4.99. The lowest BCUT2D eigenvalue weighted by atomic mass is 9.97. The molecule has 0 fully saturated rings. The molecule has 0 rings (SSSR count). The Morgan fingerprint density at radius 3 is 1.67 bits per heavy atom. The number of carboxylic acid groups (broad SMARTS) is 1. The molecule has 9 heteroatoms. The van der Waals surface area contributed by atoms with Crippen molar-refractivity contribution < 1.29 is 45.3 Å². The van der Waals surface area contributed by atoms with Crippen molar-refractivity contribution in [3.8, 4) is 0 Å². The summed E-state index contributed by atoms with van der Waals surface area (Å²) in [7, 11) is 0. The van der Waals surface area contributed by atoms with Crippen LogP contribution in [0, 0.1) is 0 Å². The van der Waals surface area contributed by atoms with E-state index in [9.17, 15) is 30.0 Å². The maximum Gasteiger partial charge on any atom is 0.372 e.